The Morgan fingerprint density at radius 3 is 2.76 bits per heavy atom. The third-order valence-electron chi connectivity index (χ3n) is 3.85. The summed E-state index contributed by atoms with van der Waals surface area (Å²) in [5.41, 5.74) is 0.411. The predicted molar refractivity (Wildman–Crippen MR) is 77.6 cm³/mol. The van der Waals surface area contributed by atoms with Crippen LogP contribution in [0.25, 0.3) is 0 Å². The third-order valence-corrected chi connectivity index (χ3v) is 5.55. The van der Waals surface area contributed by atoms with Crippen LogP contribution in [0.4, 0.5) is 0 Å². The molecule has 3 atom stereocenters. The van der Waals surface area contributed by atoms with Gasteiger partial charge in [-0.3, -0.25) is 0 Å². The highest BCUT2D eigenvalue weighted by Gasteiger charge is 2.38. The van der Waals surface area contributed by atoms with Crippen molar-refractivity contribution in [2.45, 2.75) is 58.2 Å². The molecule has 0 aromatic heterocycles. The zero-order chi connectivity index (χ0) is 12.9. The number of aliphatic hydroxyl groups excluding tert-OH is 1. The van der Waals surface area contributed by atoms with E-state index in [9.17, 15) is 0 Å². The maximum absolute atomic E-state index is 9.11. The van der Waals surface area contributed by atoms with Crippen molar-refractivity contribution in [1.29, 1.82) is 0 Å². The van der Waals surface area contributed by atoms with E-state index in [1.807, 2.05) is 0 Å². The first-order valence-corrected chi connectivity index (χ1v) is 8.02. The van der Waals surface area contributed by atoms with E-state index in [4.69, 9.17) is 5.11 Å². The van der Waals surface area contributed by atoms with E-state index in [1.54, 1.807) is 0 Å². The Morgan fingerprint density at radius 1 is 1.47 bits per heavy atom. The van der Waals surface area contributed by atoms with Gasteiger partial charge >= 0.3 is 0 Å². The molecule has 0 bridgehead atoms. The van der Waals surface area contributed by atoms with Crippen LogP contribution in [0, 0.1) is 11.3 Å². The molecule has 0 radical (unpaired) electrons. The summed E-state index contributed by atoms with van der Waals surface area (Å²) in [5.74, 6) is 1.51. The van der Waals surface area contributed by atoms with Crippen LogP contribution in [0.1, 0.15) is 47.0 Å². The molecular weight excluding hydrogens is 230 g/mol. The molecule has 17 heavy (non-hydrogen) atoms. The minimum atomic E-state index is 0.314. The monoisotopic (exact) mass is 259 g/mol. The molecule has 1 aliphatic carbocycles. The van der Waals surface area contributed by atoms with Crippen LogP contribution in [0.2, 0.25) is 0 Å². The second kappa shape index (κ2) is 7.01. The van der Waals surface area contributed by atoms with Crippen molar-refractivity contribution >= 4 is 11.8 Å². The SMILES string of the molecule is CCNC1C(SCC(C)CO)CCCC1(C)C. The first kappa shape index (κ1) is 15.3. The molecule has 1 rings (SSSR count). The van der Waals surface area contributed by atoms with Gasteiger partial charge in [-0.15, -0.1) is 0 Å². The maximum Gasteiger partial charge on any atom is 0.0464 e. The van der Waals surface area contributed by atoms with Crippen LogP contribution < -0.4 is 5.32 Å². The number of aliphatic hydroxyl groups is 1. The lowest BCUT2D eigenvalue weighted by molar-refractivity contribution is 0.176. The van der Waals surface area contributed by atoms with Gasteiger partial charge in [-0.1, -0.05) is 34.1 Å². The van der Waals surface area contributed by atoms with Crippen molar-refractivity contribution in [2.75, 3.05) is 18.9 Å². The quantitative estimate of drug-likeness (QED) is 0.769. The summed E-state index contributed by atoms with van der Waals surface area (Å²) in [6.45, 7) is 10.5. The summed E-state index contributed by atoms with van der Waals surface area (Å²) in [6, 6.07) is 0.622. The van der Waals surface area contributed by atoms with E-state index in [1.165, 1.54) is 19.3 Å². The molecule has 2 N–H and O–H groups in total. The average molecular weight is 259 g/mol. The van der Waals surface area contributed by atoms with Gasteiger partial charge in [0.2, 0.25) is 0 Å². The van der Waals surface area contributed by atoms with Crippen molar-refractivity contribution in [2.24, 2.45) is 11.3 Å². The molecule has 102 valence electrons. The van der Waals surface area contributed by atoms with Gasteiger partial charge in [0, 0.05) is 17.9 Å². The second-order valence-electron chi connectivity index (χ2n) is 6.08. The highest BCUT2D eigenvalue weighted by Crippen LogP contribution is 2.40. The van der Waals surface area contributed by atoms with E-state index >= 15 is 0 Å². The molecule has 1 aliphatic rings. The van der Waals surface area contributed by atoms with Crippen molar-refractivity contribution in [1.82, 2.24) is 5.32 Å². The molecule has 0 aromatic carbocycles. The van der Waals surface area contributed by atoms with Gasteiger partial charge in [0.05, 0.1) is 0 Å². The molecule has 3 unspecified atom stereocenters. The minimum absolute atomic E-state index is 0.314. The third kappa shape index (κ3) is 4.46. The van der Waals surface area contributed by atoms with Crippen molar-refractivity contribution in [3.8, 4) is 0 Å². The summed E-state index contributed by atoms with van der Waals surface area (Å²) >= 11 is 2.06. The zero-order valence-electron chi connectivity index (χ0n) is 11.8. The Balaban J connectivity index is 2.54. The maximum atomic E-state index is 9.11. The molecule has 0 aliphatic heterocycles. The molecule has 0 spiro atoms. The average Bonchev–Trinajstić information content (AvgIpc) is 2.29. The van der Waals surface area contributed by atoms with E-state index in [2.05, 4.69) is 44.8 Å². The molecule has 0 saturated heterocycles. The molecule has 1 fully saturated rings. The van der Waals surface area contributed by atoms with Gasteiger partial charge < -0.3 is 10.4 Å². The first-order chi connectivity index (χ1) is 8.01. The molecule has 0 amide bonds. The van der Waals surface area contributed by atoms with E-state index < -0.39 is 0 Å². The fourth-order valence-corrected chi connectivity index (χ4v) is 4.40. The largest absolute Gasteiger partial charge is 0.396 e. The highest BCUT2D eigenvalue weighted by atomic mass is 32.2. The number of nitrogens with one attached hydrogen (secondary N) is 1. The summed E-state index contributed by atoms with van der Waals surface area (Å²) in [5, 5.41) is 13.5. The predicted octanol–water partition coefficient (Wildman–Crippen LogP) is 2.90. The Morgan fingerprint density at radius 2 is 2.18 bits per heavy atom. The Bertz CT molecular complexity index is 220. The Hall–Kier alpha value is 0.270. The van der Waals surface area contributed by atoms with Crippen LogP contribution in [-0.4, -0.2) is 35.3 Å². The number of hydrogen-bond acceptors (Lipinski definition) is 3. The van der Waals surface area contributed by atoms with Gasteiger partial charge in [0.15, 0.2) is 0 Å². The molecule has 0 heterocycles. The van der Waals surface area contributed by atoms with Gasteiger partial charge in [-0.2, -0.15) is 11.8 Å². The number of hydrogen-bond donors (Lipinski definition) is 2. The van der Waals surface area contributed by atoms with Gasteiger partial charge in [0.25, 0.3) is 0 Å². The molecule has 3 heteroatoms. The van der Waals surface area contributed by atoms with Crippen molar-refractivity contribution in [3.05, 3.63) is 0 Å². The highest BCUT2D eigenvalue weighted by molar-refractivity contribution is 7.99. The fraction of sp³-hybridized carbons (Fsp3) is 1.00. The summed E-state index contributed by atoms with van der Waals surface area (Å²) in [6.07, 6.45) is 4.00. The van der Waals surface area contributed by atoms with E-state index in [0.29, 0.717) is 29.2 Å². The van der Waals surface area contributed by atoms with Gasteiger partial charge in [0.1, 0.15) is 0 Å². The number of rotatable bonds is 6. The molecule has 2 nitrogen and oxygen atoms in total. The summed E-state index contributed by atoms with van der Waals surface area (Å²) in [4.78, 5) is 0. The Kier molecular flexibility index (Phi) is 6.32. The smallest absolute Gasteiger partial charge is 0.0464 e. The fourth-order valence-electron chi connectivity index (χ4n) is 2.73. The lowest BCUT2D eigenvalue weighted by atomic mass is 9.73. The topological polar surface area (TPSA) is 32.3 Å². The molecule has 0 aromatic rings. The first-order valence-electron chi connectivity index (χ1n) is 6.97. The Labute approximate surface area is 111 Å². The van der Waals surface area contributed by atoms with Crippen molar-refractivity contribution < 1.29 is 5.11 Å². The van der Waals surface area contributed by atoms with Crippen LogP contribution >= 0.6 is 11.8 Å². The van der Waals surface area contributed by atoms with Gasteiger partial charge in [-0.05, 0) is 36.5 Å². The van der Waals surface area contributed by atoms with E-state index in [0.717, 1.165) is 12.3 Å². The van der Waals surface area contributed by atoms with Crippen LogP contribution in [0.3, 0.4) is 0 Å². The zero-order valence-corrected chi connectivity index (χ0v) is 12.6. The van der Waals surface area contributed by atoms with Gasteiger partial charge in [-0.25, -0.2) is 0 Å². The minimum Gasteiger partial charge on any atom is -0.396 e. The lowest BCUT2D eigenvalue weighted by Crippen LogP contribution is -2.51. The van der Waals surface area contributed by atoms with Crippen LogP contribution in [0.15, 0.2) is 0 Å². The summed E-state index contributed by atoms with van der Waals surface area (Å²) < 4.78 is 0. The van der Waals surface area contributed by atoms with Crippen LogP contribution in [0.5, 0.6) is 0 Å². The second-order valence-corrected chi connectivity index (χ2v) is 7.35. The summed E-state index contributed by atoms with van der Waals surface area (Å²) in [7, 11) is 0. The van der Waals surface area contributed by atoms with E-state index in [-0.39, 0.29) is 0 Å². The normalized spacial score (nSPS) is 30.2. The molecular formula is C14H29NOS. The lowest BCUT2D eigenvalue weighted by Gasteiger charge is -2.44. The standard InChI is InChI=1S/C14H29NOS/c1-5-15-13-12(17-10-11(2)9-16)7-6-8-14(13,3)4/h11-13,15-16H,5-10H2,1-4H3. The van der Waals surface area contributed by atoms with Crippen LogP contribution in [-0.2, 0) is 0 Å². The molecule has 1 saturated carbocycles. The number of thioether (sulfide) groups is 1. The van der Waals surface area contributed by atoms with Crippen molar-refractivity contribution in [3.63, 3.8) is 0 Å².